The van der Waals surface area contributed by atoms with Crippen LogP contribution in [-0.2, 0) is 23.9 Å². The predicted molar refractivity (Wildman–Crippen MR) is 68.5 cm³/mol. The molecule has 0 aromatic heterocycles. The van der Waals surface area contributed by atoms with Gasteiger partial charge in [-0.15, -0.1) is 0 Å². The van der Waals surface area contributed by atoms with Gasteiger partial charge in [0, 0.05) is 12.8 Å². The lowest BCUT2D eigenvalue weighted by Crippen LogP contribution is -2.40. The van der Waals surface area contributed by atoms with Crippen LogP contribution in [0.4, 0.5) is 0 Å². The Kier molecular flexibility index (Phi) is 4.34. The number of hydrogen-bond donors (Lipinski definition) is 1. The summed E-state index contributed by atoms with van der Waals surface area (Å²) < 4.78 is 9.56. The summed E-state index contributed by atoms with van der Waals surface area (Å²) in [7, 11) is 1.25. The molecule has 2 atom stereocenters. The van der Waals surface area contributed by atoms with Gasteiger partial charge in [0.05, 0.1) is 7.11 Å². The fourth-order valence-corrected chi connectivity index (χ4v) is 1.99. The number of methoxy groups -OCH3 is 1. The Labute approximate surface area is 116 Å². The molecule has 0 unspecified atom stereocenters. The molecule has 0 spiro atoms. The summed E-state index contributed by atoms with van der Waals surface area (Å²) in [5.74, 6) is -1.47. The number of rotatable bonds is 4. The number of amides is 1. The van der Waals surface area contributed by atoms with Gasteiger partial charge in [0.15, 0.2) is 12.1 Å². The number of carbonyl (C=O) groups excluding carboxylic acids is 3. The van der Waals surface area contributed by atoms with Crippen LogP contribution in [0, 0.1) is 0 Å². The minimum atomic E-state index is -0.909. The van der Waals surface area contributed by atoms with Gasteiger partial charge in [-0.1, -0.05) is 30.3 Å². The molecule has 1 aromatic rings. The first-order valence-electron chi connectivity index (χ1n) is 6.24. The third-order valence-electron chi connectivity index (χ3n) is 3.03. The maximum Gasteiger partial charge on any atom is 0.333 e. The molecule has 0 bridgehead atoms. The zero-order valence-electron chi connectivity index (χ0n) is 11.0. The van der Waals surface area contributed by atoms with Crippen LogP contribution in [0.3, 0.4) is 0 Å². The van der Waals surface area contributed by atoms with Crippen molar-refractivity contribution in [3.8, 4) is 0 Å². The molecule has 20 heavy (non-hydrogen) atoms. The van der Waals surface area contributed by atoms with Crippen molar-refractivity contribution in [3.05, 3.63) is 35.9 Å². The third kappa shape index (κ3) is 3.14. The number of nitrogens with one attached hydrogen (secondary N) is 1. The van der Waals surface area contributed by atoms with E-state index in [1.807, 2.05) is 0 Å². The highest BCUT2D eigenvalue weighted by atomic mass is 16.6. The van der Waals surface area contributed by atoms with E-state index in [1.165, 1.54) is 7.11 Å². The molecular formula is C14H15NO5. The van der Waals surface area contributed by atoms with Gasteiger partial charge in [-0.2, -0.15) is 0 Å². The summed E-state index contributed by atoms with van der Waals surface area (Å²) in [5.41, 5.74) is 0.608. The summed E-state index contributed by atoms with van der Waals surface area (Å²) in [6.07, 6.45) is -0.294. The molecule has 1 saturated heterocycles. The van der Waals surface area contributed by atoms with Gasteiger partial charge in [0.25, 0.3) is 5.91 Å². The van der Waals surface area contributed by atoms with Gasteiger partial charge in [-0.3, -0.25) is 9.59 Å². The largest absolute Gasteiger partial charge is 0.467 e. The van der Waals surface area contributed by atoms with Crippen molar-refractivity contribution in [2.75, 3.05) is 7.11 Å². The average molecular weight is 277 g/mol. The van der Waals surface area contributed by atoms with Crippen LogP contribution < -0.4 is 5.32 Å². The van der Waals surface area contributed by atoms with Crippen LogP contribution in [-0.4, -0.2) is 31.1 Å². The van der Waals surface area contributed by atoms with E-state index >= 15 is 0 Å². The summed E-state index contributed by atoms with van der Waals surface area (Å²) in [6, 6.07) is 7.83. The van der Waals surface area contributed by atoms with Crippen molar-refractivity contribution in [2.45, 2.75) is 25.0 Å². The highest BCUT2D eigenvalue weighted by Crippen LogP contribution is 2.18. The van der Waals surface area contributed by atoms with Crippen LogP contribution >= 0.6 is 0 Å². The molecule has 1 aromatic carbocycles. The van der Waals surface area contributed by atoms with Crippen molar-refractivity contribution in [1.29, 1.82) is 0 Å². The fourth-order valence-electron chi connectivity index (χ4n) is 1.99. The summed E-state index contributed by atoms with van der Waals surface area (Å²) in [5, 5.41) is 2.56. The number of hydrogen-bond acceptors (Lipinski definition) is 5. The predicted octanol–water partition coefficient (Wildman–Crippen LogP) is 0.722. The van der Waals surface area contributed by atoms with Crippen molar-refractivity contribution in [1.82, 2.24) is 5.32 Å². The lowest BCUT2D eigenvalue weighted by Gasteiger charge is -2.18. The highest BCUT2D eigenvalue weighted by Gasteiger charge is 2.33. The molecule has 1 N–H and O–H groups in total. The maximum absolute atomic E-state index is 12.0. The molecule has 0 aliphatic carbocycles. The van der Waals surface area contributed by atoms with E-state index < -0.39 is 30.0 Å². The van der Waals surface area contributed by atoms with Crippen LogP contribution in [0.5, 0.6) is 0 Å². The summed E-state index contributed by atoms with van der Waals surface area (Å²) in [6.45, 7) is 0. The van der Waals surface area contributed by atoms with Crippen LogP contribution in [0.15, 0.2) is 30.3 Å². The number of esters is 2. The molecule has 1 heterocycles. The molecule has 6 heteroatoms. The molecule has 0 saturated carbocycles. The molecule has 2 rings (SSSR count). The van der Waals surface area contributed by atoms with Crippen molar-refractivity contribution >= 4 is 17.8 Å². The maximum atomic E-state index is 12.0. The van der Waals surface area contributed by atoms with E-state index in [2.05, 4.69) is 5.32 Å². The molecular weight excluding hydrogens is 262 g/mol. The Bertz CT molecular complexity index is 514. The third-order valence-corrected chi connectivity index (χ3v) is 3.03. The van der Waals surface area contributed by atoms with Crippen molar-refractivity contribution in [2.24, 2.45) is 0 Å². The Balaban J connectivity index is 2.10. The Morgan fingerprint density at radius 3 is 2.60 bits per heavy atom. The van der Waals surface area contributed by atoms with E-state index in [1.54, 1.807) is 30.3 Å². The first-order chi connectivity index (χ1) is 9.61. The number of cyclic esters (lactones) is 1. The zero-order chi connectivity index (χ0) is 14.5. The smallest absolute Gasteiger partial charge is 0.333 e. The fraction of sp³-hybridized carbons (Fsp3) is 0.357. The van der Waals surface area contributed by atoms with E-state index in [0.717, 1.165) is 0 Å². The molecule has 1 amide bonds. The lowest BCUT2D eigenvalue weighted by molar-refractivity contribution is -0.150. The van der Waals surface area contributed by atoms with Crippen molar-refractivity contribution in [3.63, 3.8) is 0 Å². The van der Waals surface area contributed by atoms with E-state index in [4.69, 9.17) is 9.47 Å². The SMILES string of the molecule is COC(=O)[C@@H](NC(=O)[C@@H]1CCC(=O)O1)c1ccccc1. The van der Waals surface area contributed by atoms with Gasteiger partial charge in [0.1, 0.15) is 0 Å². The standard InChI is InChI=1S/C14H15NO5/c1-19-14(18)12(9-5-3-2-4-6-9)15-13(17)10-7-8-11(16)20-10/h2-6,10,12H,7-8H2,1H3,(H,15,17)/t10-,12-/m0/s1. The van der Waals surface area contributed by atoms with Gasteiger partial charge in [0.2, 0.25) is 0 Å². The minimum absolute atomic E-state index is 0.215. The first kappa shape index (κ1) is 14.0. The molecule has 6 nitrogen and oxygen atoms in total. The first-order valence-corrected chi connectivity index (χ1v) is 6.24. The van der Waals surface area contributed by atoms with E-state index in [0.29, 0.717) is 12.0 Å². The van der Waals surface area contributed by atoms with Gasteiger partial charge >= 0.3 is 11.9 Å². The quantitative estimate of drug-likeness (QED) is 0.820. The van der Waals surface area contributed by atoms with Crippen LogP contribution in [0.25, 0.3) is 0 Å². The summed E-state index contributed by atoms with van der Waals surface area (Å²) in [4.78, 5) is 34.8. The van der Waals surface area contributed by atoms with Crippen LogP contribution in [0.1, 0.15) is 24.4 Å². The molecule has 1 aliphatic rings. The number of ether oxygens (including phenoxy) is 2. The van der Waals surface area contributed by atoms with E-state index in [-0.39, 0.29) is 6.42 Å². The van der Waals surface area contributed by atoms with E-state index in [9.17, 15) is 14.4 Å². The lowest BCUT2D eigenvalue weighted by atomic mass is 10.1. The molecule has 106 valence electrons. The van der Waals surface area contributed by atoms with Gasteiger partial charge in [-0.05, 0) is 5.56 Å². The summed E-state index contributed by atoms with van der Waals surface area (Å²) >= 11 is 0. The second kappa shape index (κ2) is 6.18. The van der Waals surface area contributed by atoms with Crippen molar-refractivity contribution < 1.29 is 23.9 Å². The monoisotopic (exact) mass is 277 g/mol. The second-order valence-electron chi connectivity index (χ2n) is 4.39. The average Bonchev–Trinajstić information content (AvgIpc) is 2.91. The second-order valence-corrected chi connectivity index (χ2v) is 4.39. The Morgan fingerprint density at radius 2 is 2.05 bits per heavy atom. The Hall–Kier alpha value is -2.37. The number of benzene rings is 1. The van der Waals surface area contributed by atoms with Gasteiger partial charge in [-0.25, -0.2) is 4.79 Å². The van der Waals surface area contributed by atoms with Gasteiger partial charge < -0.3 is 14.8 Å². The normalized spacial score (nSPS) is 19.1. The number of carbonyl (C=O) groups is 3. The van der Waals surface area contributed by atoms with Crippen LogP contribution in [0.2, 0.25) is 0 Å². The topological polar surface area (TPSA) is 81.7 Å². The molecule has 0 radical (unpaired) electrons. The minimum Gasteiger partial charge on any atom is -0.467 e. The Morgan fingerprint density at radius 1 is 1.35 bits per heavy atom. The zero-order valence-corrected chi connectivity index (χ0v) is 11.0. The highest BCUT2D eigenvalue weighted by molar-refractivity contribution is 5.90. The molecule has 1 aliphatic heterocycles. The molecule has 1 fully saturated rings.